The molecule has 1 atom stereocenters. The Hall–Kier alpha value is -1.73. The van der Waals surface area contributed by atoms with Crippen LogP contribution in [-0.4, -0.2) is 29.7 Å². The van der Waals surface area contributed by atoms with E-state index in [1.807, 2.05) is 40.7 Å². The summed E-state index contributed by atoms with van der Waals surface area (Å²) in [6, 6.07) is 5.02. The van der Waals surface area contributed by atoms with Gasteiger partial charge in [-0.1, -0.05) is 6.07 Å². The van der Waals surface area contributed by atoms with E-state index in [2.05, 4.69) is 14.8 Å². The molecule has 1 N–H and O–H groups in total. The van der Waals surface area contributed by atoms with Crippen LogP contribution in [0.2, 0.25) is 0 Å². The van der Waals surface area contributed by atoms with Crippen molar-refractivity contribution in [2.45, 2.75) is 45.6 Å². The molecule has 22 heavy (non-hydrogen) atoms. The van der Waals surface area contributed by atoms with Gasteiger partial charge in [0.2, 0.25) is 10.0 Å². The van der Waals surface area contributed by atoms with E-state index in [4.69, 9.17) is 0 Å². The Morgan fingerprint density at radius 3 is 2.41 bits per heavy atom. The standard InChI is InChI=1S/C15H22N4O2S/c1-10-6-7-15(8-11(10)2)22(20,21)16-9-12(3)19-14(5)17-13(4)18-19/h6-8,12,16H,9H2,1-5H3/t12-/m1/s1. The van der Waals surface area contributed by atoms with Crippen LogP contribution >= 0.6 is 0 Å². The van der Waals surface area contributed by atoms with Crippen molar-refractivity contribution in [3.63, 3.8) is 0 Å². The van der Waals surface area contributed by atoms with Crippen molar-refractivity contribution in [2.24, 2.45) is 0 Å². The third kappa shape index (κ3) is 3.53. The molecule has 2 rings (SSSR count). The normalized spacial score (nSPS) is 13.3. The lowest BCUT2D eigenvalue weighted by molar-refractivity contribution is 0.466. The van der Waals surface area contributed by atoms with Gasteiger partial charge in [0.25, 0.3) is 0 Å². The molecule has 7 heteroatoms. The van der Waals surface area contributed by atoms with Gasteiger partial charge in [-0.3, -0.25) is 0 Å². The van der Waals surface area contributed by atoms with Crippen molar-refractivity contribution in [2.75, 3.05) is 6.54 Å². The predicted octanol–water partition coefficient (Wildman–Crippen LogP) is 2.05. The van der Waals surface area contributed by atoms with Gasteiger partial charge < -0.3 is 0 Å². The minimum Gasteiger partial charge on any atom is -0.246 e. The largest absolute Gasteiger partial charge is 0.246 e. The van der Waals surface area contributed by atoms with E-state index < -0.39 is 10.0 Å². The zero-order chi connectivity index (χ0) is 16.5. The van der Waals surface area contributed by atoms with Crippen LogP contribution in [0.5, 0.6) is 0 Å². The van der Waals surface area contributed by atoms with Gasteiger partial charge in [0.1, 0.15) is 11.6 Å². The molecular formula is C15H22N4O2S. The van der Waals surface area contributed by atoms with E-state index in [9.17, 15) is 8.42 Å². The second kappa shape index (κ2) is 6.18. The summed E-state index contributed by atoms with van der Waals surface area (Å²) in [5.41, 5.74) is 2.03. The summed E-state index contributed by atoms with van der Waals surface area (Å²) in [4.78, 5) is 4.52. The number of hydrogen-bond donors (Lipinski definition) is 1. The zero-order valence-corrected chi connectivity index (χ0v) is 14.4. The highest BCUT2D eigenvalue weighted by Crippen LogP contribution is 2.15. The Morgan fingerprint density at radius 1 is 1.18 bits per heavy atom. The maximum atomic E-state index is 12.4. The first-order valence-corrected chi connectivity index (χ1v) is 8.65. The molecule has 0 aliphatic carbocycles. The first kappa shape index (κ1) is 16.6. The number of rotatable bonds is 5. The molecule has 0 amide bonds. The highest BCUT2D eigenvalue weighted by atomic mass is 32.2. The van der Waals surface area contributed by atoms with Crippen molar-refractivity contribution in [1.82, 2.24) is 19.5 Å². The lowest BCUT2D eigenvalue weighted by Crippen LogP contribution is -2.30. The average molecular weight is 322 g/mol. The maximum absolute atomic E-state index is 12.4. The summed E-state index contributed by atoms with van der Waals surface area (Å²) in [6.07, 6.45) is 0. The van der Waals surface area contributed by atoms with Gasteiger partial charge in [0, 0.05) is 6.54 Å². The molecule has 0 unspecified atom stereocenters. The Morgan fingerprint density at radius 2 is 1.86 bits per heavy atom. The van der Waals surface area contributed by atoms with Crippen LogP contribution in [0, 0.1) is 27.7 Å². The predicted molar refractivity (Wildman–Crippen MR) is 85.3 cm³/mol. The van der Waals surface area contributed by atoms with Crippen LogP contribution < -0.4 is 4.72 Å². The van der Waals surface area contributed by atoms with E-state index in [-0.39, 0.29) is 17.5 Å². The van der Waals surface area contributed by atoms with Crippen molar-refractivity contribution >= 4 is 10.0 Å². The molecule has 2 aromatic rings. The molecule has 0 fully saturated rings. The topological polar surface area (TPSA) is 76.9 Å². The molecule has 0 saturated heterocycles. The third-order valence-corrected chi connectivity index (χ3v) is 5.10. The Bertz CT molecular complexity index is 781. The van der Waals surface area contributed by atoms with Crippen molar-refractivity contribution in [1.29, 1.82) is 0 Å². The van der Waals surface area contributed by atoms with Gasteiger partial charge >= 0.3 is 0 Å². The monoisotopic (exact) mass is 322 g/mol. The van der Waals surface area contributed by atoms with Crippen LogP contribution in [0.25, 0.3) is 0 Å². The minimum absolute atomic E-state index is 0.109. The van der Waals surface area contributed by atoms with Crippen molar-refractivity contribution in [3.8, 4) is 0 Å². The number of aromatic nitrogens is 3. The summed E-state index contributed by atoms with van der Waals surface area (Å²) in [6.45, 7) is 9.70. The summed E-state index contributed by atoms with van der Waals surface area (Å²) in [7, 11) is -3.52. The Labute approximate surface area is 131 Å². The quantitative estimate of drug-likeness (QED) is 0.914. The molecule has 1 aromatic heterocycles. The van der Waals surface area contributed by atoms with Crippen molar-refractivity contribution < 1.29 is 8.42 Å². The molecule has 120 valence electrons. The van der Waals surface area contributed by atoms with Gasteiger partial charge in [-0.05, 0) is 57.9 Å². The number of hydrogen-bond acceptors (Lipinski definition) is 4. The summed E-state index contributed by atoms with van der Waals surface area (Å²) < 4.78 is 29.1. The summed E-state index contributed by atoms with van der Waals surface area (Å²) >= 11 is 0. The molecule has 0 radical (unpaired) electrons. The first-order valence-electron chi connectivity index (χ1n) is 7.17. The second-order valence-corrected chi connectivity index (χ2v) is 7.36. The maximum Gasteiger partial charge on any atom is 0.240 e. The molecule has 0 saturated carbocycles. The fraction of sp³-hybridized carbons (Fsp3) is 0.467. The molecule has 0 aliphatic heterocycles. The number of nitrogens with one attached hydrogen (secondary N) is 1. The lowest BCUT2D eigenvalue weighted by atomic mass is 10.1. The van der Waals surface area contributed by atoms with Gasteiger partial charge in [0.05, 0.1) is 10.9 Å². The molecule has 1 aromatic carbocycles. The summed E-state index contributed by atoms with van der Waals surface area (Å²) in [5.74, 6) is 1.46. The fourth-order valence-corrected chi connectivity index (χ4v) is 3.44. The minimum atomic E-state index is -3.52. The number of nitrogens with zero attached hydrogens (tertiary/aromatic N) is 3. The van der Waals surface area contributed by atoms with E-state index in [1.165, 1.54) is 0 Å². The second-order valence-electron chi connectivity index (χ2n) is 5.60. The molecule has 0 spiro atoms. The fourth-order valence-electron chi connectivity index (χ4n) is 2.23. The van der Waals surface area contributed by atoms with Crippen LogP contribution in [0.3, 0.4) is 0 Å². The molecule has 1 heterocycles. The van der Waals surface area contributed by atoms with Gasteiger partial charge in [0.15, 0.2) is 0 Å². The third-order valence-electron chi connectivity index (χ3n) is 3.68. The summed E-state index contributed by atoms with van der Waals surface area (Å²) in [5, 5.41) is 4.28. The van der Waals surface area contributed by atoms with Gasteiger partial charge in [-0.2, -0.15) is 5.10 Å². The van der Waals surface area contributed by atoms with Crippen LogP contribution in [0.4, 0.5) is 0 Å². The van der Waals surface area contributed by atoms with E-state index in [1.54, 1.807) is 16.8 Å². The molecule has 6 nitrogen and oxygen atoms in total. The van der Waals surface area contributed by atoms with E-state index >= 15 is 0 Å². The molecule has 0 aliphatic rings. The van der Waals surface area contributed by atoms with Gasteiger partial charge in [-0.25, -0.2) is 22.8 Å². The van der Waals surface area contributed by atoms with Crippen LogP contribution in [-0.2, 0) is 10.0 Å². The van der Waals surface area contributed by atoms with E-state index in [0.717, 1.165) is 17.0 Å². The SMILES string of the molecule is Cc1nc(C)n([C@H](C)CNS(=O)(=O)c2ccc(C)c(C)c2)n1. The highest BCUT2D eigenvalue weighted by Gasteiger charge is 2.17. The Balaban J connectivity index is 2.12. The molecule has 0 bridgehead atoms. The van der Waals surface area contributed by atoms with Crippen molar-refractivity contribution in [3.05, 3.63) is 41.0 Å². The average Bonchev–Trinajstić information content (AvgIpc) is 2.78. The van der Waals surface area contributed by atoms with Crippen LogP contribution in [0.15, 0.2) is 23.1 Å². The zero-order valence-electron chi connectivity index (χ0n) is 13.6. The molecular weight excluding hydrogens is 300 g/mol. The Kier molecular flexibility index (Phi) is 4.67. The first-order chi connectivity index (χ1) is 10.2. The van der Waals surface area contributed by atoms with Crippen LogP contribution in [0.1, 0.15) is 35.7 Å². The van der Waals surface area contributed by atoms with E-state index in [0.29, 0.717) is 5.82 Å². The number of benzene rings is 1. The van der Waals surface area contributed by atoms with Gasteiger partial charge in [-0.15, -0.1) is 0 Å². The lowest BCUT2D eigenvalue weighted by Gasteiger charge is -2.15. The number of sulfonamides is 1. The number of aryl methyl sites for hydroxylation is 4. The smallest absolute Gasteiger partial charge is 0.240 e. The highest BCUT2D eigenvalue weighted by molar-refractivity contribution is 7.89.